The highest BCUT2D eigenvalue weighted by molar-refractivity contribution is 5.78. The predicted octanol–water partition coefficient (Wildman–Crippen LogP) is 8.24. The first-order valence-electron chi connectivity index (χ1n) is 15.0. The van der Waals surface area contributed by atoms with E-state index in [9.17, 15) is 9.59 Å². The van der Waals surface area contributed by atoms with E-state index in [1.807, 2.05) is 0 Å². The molecule has 4 aliphatic carbocycles. The van der Waals surface area contributed by atoms with E-state index in [2.05, 4.69) is 41.5 Å². The van der Waals surface area contributed by atoms with Crippen LogP contribution in [0.2, 0.25) is 0 Å². The van der Waals surface area contributed by atoms with Crippen LogP contribution < -0.4 is 0 Å². The van der Waals surface area contributed by atoms with Crippen molar-refractivity contribution in [1.82, 2.24) is 0 Å². The van der Waals surface area contributed by atoms with Crippen LogP contribution in [0.1, 0.15) is 126 Å². The molecule has 0 saturated heterocycles. The van der Waals surface area contributed by atoms with Gasteiger partial charge in [0.1, 0.15) is 11.9 Å². The van der Waals surface area contributed by atoms with Crippen molar-refractivity contribution in [2.24, 2.45) is 57.7 Å². The molecule has 200 valence electrons. The second-order valence-corrected chi connectivity index (χ2v) is 14.6. The Morgan fingerprint density at radius 2 is 1.51 bits per heavy atom. The summed E-state index contributed by atoms with van der Waals surface area (Å²) in [7, 11) is 0. The maximum atomic E-state index is 12.3. The number of rotatable bonds is 7. The van der Waals surface area contributed by atoms with Crippen molar-refractivity contribution in [3.63, 3.8) is 0 Å². The average molecular weight is 487 g/mol. The molecule has 10 atom stereocenters. The van der Waals surface area contributed by atoms with Crippen LogP contribution in [0.4, 0.5) is 0 Å². The van der Waals surface area contributed by atoms with E-state index in [0.717, 1.165) is 43.4 Å². The zero-order valence-corrected chi connectivity index (χ0v) is 24.1. The van der Waals surface area contributed by atoms with E-state index in [0.29, 0.717) is 34.4 Å². The number of esters is 1. The molecule has 4 fully saturated rings. The number of ether oxygens (including phenoxy) is 1. The van der Waals surface area contributed by atoms with Crippen molar-refractivity contribution in [1.29, 1.82) is 0 Å². The van der Waals surface area contributed by atoms with Gasteiger partial charge in [-0.3, -0.25) is 9.59 Å². The Labute approximate surface area is 215 Å². The van der Waals surface area contributed by atoms with Crippen LogP contribution in [0.3, 0.4) is 0 Å². The summed E-state index contributed by atoms with van der Waals surface area (Å²) >= 11 is 0. The van der Waals surface area contributed by atoms with Crippen molar-refractivity contribution in [2.75, 3.05) is 0 Å². The van der Waals surface area contributed by atoms with Gasteiger partial charge in [-0.2, -0.15) is 0 Å². The van der Waals surface area contributed by atoms with E-state index >= 15 is 0 Å². The predicted molar refractivity (Wildman–Crippen MR) is 143 cm³/mol. The van der Waals surface area contributed by atoms with Gasteiger partial charge in [0.15, 0.2) is 0 Å². The highest BCUT2D eigenvalue weighted by Crippen LogP contribution is 2.74. The molecule has 0 aromatic carbocycles. The normalized spacial score (nSPS) is 45.9. The second-order valence-electron chi connectivity index (χ2n) is 14.6. The van der Waals surface area contributed by atoms with E-state index in [4.69, 9.17) is 4.74 Å². The summed E-state index contributed by atoms with van der Waals surface area (Å²) in [5.74, 6) is 4.37. The minimum atomic E-state index is -0.146. The molecule has 0 N–H and O–H groups in total. The molecular formula is C32H54O3. The highest BCUT2D eigenvalue weighted by atomic mass is 16.5. The lowest BCUT2D eigenvalue weighted by Crippen LogP contribution is -2.61. The van der Waals surface area contributed by atoms with Gasteiger partial charge in [0.25, 0.3) is 0 Å². The Kier molecular flexibility index (Phi) is 7.60. The van der Waals surface area contributed by atoms with Crippen LogP contribution in [-0.4, -0.2) is 17.9 Å². The molecule has 4 rings (SSSR count). The molecule has 0 bridgehead atoms. The topological polar surface area (TPSA) is 43.4 Å². The molecule has 0 aliphatic heterocycles. The molecule has 0 spiro atoms. The van der Waals surface area contributed by atoms with Crippen molar-refractivity contribution in [2.45, 2.75) is 132 Å². The fourth-order valence-corrected chi connectivity index (χ4v) is 10.4. The van der Waals surface area contributed by atoms with Gasteiger partial charge in [0.2, 0.25) is 0 Å². The molecule has 3 heteroatoms. The number of hydrogen-bond acceptors (Lipinski definition) is 3. The lowest BCUT2D eigenvalue weighted by Gasteiger charge is -2.66. The van der Waals surface area contributed by atoms with Crippen LogP contribution in [0.25, 0.3) is 0 Å². The van der Waals surface area contributed by atoms with Gasteiger partial charge in [-0.1, -0.05) is 60.8 Å². The lowest BCUT2D eigenvalue weighted by molar-refractivity contribution is -0.206. The highest BCUT2D eigenvalue weighted by Gasteiger charge is 2.67. The Hall–Kier alpha value is -0.860. The van der Waals surface area contributed by atoms with E-state index in [-0.39, 0.29) is 23.4 Å². The molecule has 4 aliphatic rings. The summed E-state index contributed by atoms with van der Waals surface area (Å²) in [6.45, 7) is 18.3. The van der Waals surface area contributed by atoms with Crippen molar-refractivity contribution >= 4 is 11.8 Å². The monoisotopic (exact) mass is 486 g/mol. The van der Waals surface area contributed by atoms with Gasteiger partial charge < -0.3 is 4.74 Å². The minimum absolute atomic E-state index is 0.0254. The van der Waals surface area contributed by atoms with E-state index in [1.165, 1.54) is 44.9 Å². The molecule has 4 saturated carbocycles. The molecular weight excluding hydrogens is 432 g/mol. The summed E-state index contributed by atoms with van der Waals surface area (Å²) in [5.41, 5.74) is 0.878. The zero-order chi connectivity index (χ0) is 25.8. The average Bonchev–Trinajstić information content (AvgIpc) is 3.04. The summed E-state index contributed by atoms with van der Waals surface area (Å²) in [5, 5.41) is 0. The van der Waals surface area contributed by atoms with Gasteiger partial charge in [-0.25, -0.2) is 0 Å². The number of hydrogen-bond donors (Lipinski definition) is 0. The van der Waals surface area contributed by atoms with Crippen LogP contribution in [-0.2, 0) is 14.3 Å². The first kappa shape index (κ1) is 27.2. The van der Waals surface area contributed by atoms with Crippen molar-refractivity contribution < 1.29 is 14.3 Å². The first-order chi connectivity index (χ1) is 16.3. The number of carbonyl (C=O) groups is 2. The second kappa shape index (κ2) is 9.79. The Balaban J connectivity index is 1.61. The molecule has 0 unspecified atom stereocenters. The quantitative estimate of drug-likeness (QED) is 0.340. The summed E-state index contributed by atoms with van der Waals surface area (Å²) < 4.78 is 6.13. The van der Waals surface area contributed by atoms with Gasteiger partial charge in [-0.15, -0.1) is 0 Å². The van der Waals surface area contributed by atoms with Crippen LogP contribution >= 0.6 is 0 Å². The van der Waals surface area contributed by atoms with Crippen molar-refractivity contribution in [3.05, 3.63) is 0 Å². The van der Waals surface area contributed by atoms with Crippen LogP contribution in [0.5, 0.6) is 0 Å². The number of fused-ring (bicyclic) bond motifs is 5. The maximum absolute atomic E-state index is 12.3. The smallest absolute Gasteiger partial charge is 0.302 e. The van der Waals surface area contributed by atoms with Crippen LogP contribution in [0, 0.1) is 57.7 Å². The lowest BCUT2D eigenvalue weighted by atomic mass is 9.39. The van der Waals surface area contributed by atoms with E-state index < -0.39 is 0 Å². The molecule has 35 heavy (non-hydrogen) atoms. The Morgan fingerprint density at radius 1 is 0.829 bits per heavy atom. The molecule has 0 aromatic heterocycles. The zero-order valence-electron chi connectivity index (χ0n) is 24.1. The number of Topliss-reactive ketones (excluding diaryl/α,β-unsaturated/α-hetero) is 1. The number of ketones is 1. The molecule has 0 heterocycles. The summed E-state index contributed by atoms with van der Waals surface area (Å²) in [6.07, 6.45) is 13.5. The number of carbonyl (C=O) groups excluding carboxylic acids is 2. The maximum Gasteiger partial charge on any atom is 0.302 e. The molecule has 0 aromatic rings. The molecule has 0 radical (unpaired) electrons. The van der Waals surface area contributed by atoms with Gasteiger partial charge in [0.05, 0.1) is 0 Å². The van der Waals surface area contributed by atoms with Gasteiger partial charge in [0, 0.05) is 18.8 Å². The van der Waals surface area contributed by atoms with Crippen molar-refractivity contribution in [3.8, 4) is 0 Å². The third-order valence-electron chi connectivity index (χ3n) is 12.6. The SMILES string of the molecule is CC(=O)O[C@@H]1C[C@@H]2[C@H](CC[C@]3(C)[C@@H]([C@@H](C)CCCC(C)C)CC[C@@]23C)[C@@]2(C)CC[C@H](C(C)=O)C[C@H]12. The fraction of sp³-hybridized carbons (Fsp3) is 0.938. The third-order valence-corrected chi connectivity index (χ3v) is 12.6. The minimum Gasteiger partial charge on any atom is -0.462 e. The Morgan fingerprint density at radius 3 is 2.14 bits per heavy atom. The fourth-order valence-electron chi connectivity index (χ4n) is 10.4. The largest absolute Gasteiger partial charge is 0.462 e. The van der Waals surface area contributed by atoms with Crippen LogP contribution in [0.15, 0.2) is 0 Å². The first-order valence-corrected chi connectivity index (χ1v) is 15.0. The van der Waals surface area contributed by atoms with Gasteiger partial charge in [-0.05, 0) is 104 Å². The third kappa shape index (κ3) is 4.54. The summed E-state index contributed by atoms with van der Waals surface area (Å²) in [4.78, 5) is 24.6. The Bertz CT molecular complexity index is 803. The van der Waals surface area contributed by atoms with Gasteiger partial charge >= 0.3 is 5.97 Å². The van der Waals surface area contributed by atoms with E-state index in [1.54, 1.807) is 13.8 Å². The standard InChI is InChI=1S/C32H54O3/c1-20(2)10-9-11-21(3)25-13-16-32(8)27-19-29(35-23(5)34)28-18-24(22(4)33)12-15-30(28,6)26(27)14-17-31(25,32)7/h20-21,24-29H,9-19H2,1-8H3/t21-,24-,25+,26-,27+,28+,29+,30+,31+,32-/m0/s1. The summed E-state index contributed by atoms with van der Waals surface area (Å²) in [6, 6.07) is 0. The molecule has 0 amide bonds. The molecule has 3 nitrogen and oxygen atoms in total.